The van der Waals surface area contributed by atoms with Gasteiger partial charge in [-0.3, -0.25) is 13.9 Å². The normalized spacial score (nSPS) is 12.6. The number of hydrogen-bond donors (Lipinski definition) is 1. The van der Waals surface area contributed by atoms with E-state index in [2.05, 4.69) is 5.32 Å². The molecule has 0 saturated carbocycles. The van der Waals surface area contributed by atoms with E-state index in [4.69, 9.17) is 11.6 Å². The standard InChI is InChI=1S/C35H38ClN3O4S/c1-4-27(3)37-35(41)33(23-28-14-7-5-8-15-28)38(24-29-19-21-30(36)22-20-29)34(40)25-39(32-18-12-11-13-26(32)2)44(42,43)31-16-9-6-10-17-31/h5-22,27,33H,4,23-25H2,1-3H3,(H,37,41). The van der Waals surface area contributed by atoms with Gasteiger partial charge >= 0.3 is 0 Å². The molecule has 0 bridgehead atoms. The van der Waals surface area contributed by atoms with E-state index in [1.807, 2.05) is 50.2 Å². The summed E-state index contributed by atoms with van der Waals surface area (Å²) in [5.41, 5.74) is 2.71. The smallest absolute Gasteiger partial charge is 0.264 e. The van der Waals surface area contributed by atoms with Crippen LogP contribution in [0.4, 0.5) is 5.69 Å². The van der Waals surface area contributed by atoms with E-state index in [1.165, 1.54) is 17.0 Å². The minimum Gasteiger partial charge on any atom is -0.352 e. The molecule has 4 aromatic carbocycles. The molecule has 230 valence electrons. The van der Waals surface area contributed by atoms with E-state index in [1.54, 1.807) is 67.6 Å². The number of aryl methyl sites for hydroxylation is 1. The maximum absolute atomic E-state index is 14.5. The lowest BCUT2D eigenvalue weighted by atomic mass is 10.0. The van der Waals surface area contributed by atoms with Crippen molar-refractivity contribution in [2.24, 2.45) is 0 Å². The van der Waals surface area contributed by atoms with Crippen molar-refractivity contribution in [1.82, 2.24) is 10.2 Å². The molecule has 2 atom stereocenters. The molecule has 7 nitrogen and oxygen atoms in total. The predicted molar refractivity (Wildman–Crippen MR) is 176 cm³/mol. The Bertz CT molecular complexity index is 1650. The van der Waals surface area contributed by atoms with Crippen LogP contribution < -0.4 is 9.62 Å². The molecule has 4 rings (SSSR count). The van der Waals surface area contributed by atoms with E-state index in [0.717, 1.165) is 15.4 Å². The van der Waals surface area contributed by atoms with Gasteiger partial charge in [-0.05, 0) is 67.3 Å². The molecule has 9 heteroatoms. The SMILES string of the molecule is CCC(C)NC(=O)C(Cc1ccccc1)N(Cc1ccc(Cl)cc1)C(=O)CN(c1ccccc1C)S(=O)(=O)c1ccccc1. The fourth-order valence-electron chi connectivity index (χ4n) is 4.86. The molecule has 0 aliphatic heterocycles. The van der Waals surface area contributed by atoms with Gasteiger partial charge in [0.2, 0.25) is 11.8 Å². The Morgan fingerprint density at radius 1 is 0.818 bits per heavy atom. The molecule has 0 aromatic heterocycles. The third kappa shape index (κ3) is 8.27. The maximum atomic E-state index is 14.5. The summed E-state index contributed by atoms with van der Waals surface area (Å²) in [5.74, 6) is -0.818. The van der Waals surface area contributed by atoms with Crippen molar-refractivity contribution < 1.29 is 18.0 Å². The number of carbonyl (C=O) groups is 2. The monoisotopic (exact) mass is 631 g/mol. The van der Waals surface area contributed by atoms with Gasteiger partial charge in [-0.1, -0.05) is 97.4 Å². The van der Waals surface area contributed by atoms with Crippen LogP contribution in [0.5, 0.6) is 0 Å². The number of anilines is 1. The molecule has 1 N–H and O–H groups in total. The molecule has 0 spiro atoms. The van der Waals surface area contributed by atoms with Crippen LogP contribution in [0.1, 0.15) is 37.0 Å². The highest BCUT2D eigenvalue weighted by atomic mass is 35.5. The molecule has 0 saturated heterocycles. The second-order valence-electron chi connectivity index (χ2n) is 10.8. The lowest BCUT2D eigenvalue weighted by Crippen LogP contribution is -2.54. The zero-order valence-corrected chi connectivity index (χ0v) is 26.8. The Morgan fingerprint density at radius 2 is 1.41 bits per heavy atom. The molecule has 2 unspecified atom stereocenters. The summed E-state index contributed by atoms with van der Waals surface area (Å²) in [6, 6.07) is 30.6. The number of benzene rings is 4. The lowest BCUT2D eigenvalue weighted by molar-refractivity contribution is -0.140. The number of nitrogens with zero attached hydrogens (tertiary/aromatic N) is 2. The Morgan fingerprint density at radius 3 is 2.02 bits per heavy atom. The number of hydrogen-bond acceptors (Lipinski definition) is 4. The summed E-state index contributed by atoms with van der Waals surface area (Å²) in [4.78, 5) is 29.9. The van der Waals surface area contributed by atoms with Gasteiger partial charge in [0.1, 0.15) is 12.6 Å². The van der Waals surface area contributed by atoms with Gasteiger partial charge in [-0.15, -0.1) is 0 Å². The highest BCUT2D eigenvalue weighted by Crippen LogP contribution is 2.27. The molecule has 0 aliphatic carbocycles. The van der Waals surface area contributed by atoms with E-state index in [9.17, 15) is 18.0 Å². The summed E-state index contributed by atoms with van der Waals surface area (Å²) in [6.07, 6.45) is 0.962. The third-order valence-corrected chi connectivity index (χ3v) is 9.56. The van der Waals surface area contributed by atoms with Gasteiger partial charge < -0.3 is 10.2 Å². The Kier molecular flexibility index (Phi) is 11.2. The predicted octanol–water partition coefficient (Wildman–Crippen LogP) is 6.40. The van der Waals surface area contributed by atoms with E-state index >= 15 is 0 Å². The van der Waals surface area contributed by atoms with E-state index < -0.39 is 28.5 Å². The highest BCUT2D eigenvalue weighted by molar-refractivity contribution is 7.92. The highest BCUT2D eigenvalue weighted by Gasteiger charge is 2.35. The van der Waals surface area contributed by atoms with Crippen LogP contribution in [0, 0.1) is 6.92 Å². The first-order valence-electron chi connectivity index (χ1n) is 14.6. The number of sulfonamides is 1. The number of carbonyl (C=O) groups excluding carboxylic acids is 2. The van der Waals surface area contributed by atoms with Gasteiger partial charge in [-0.2, -0.15) is 0 Å². The Balaban J connectivity index is 1.81. The first kappa shape index (κ1) is 32.8. The van der Waals surface area contributed by atoms with Crippen LogP contribution >= 0.6 is 11.6 Å². The first-order valence-corrected chi connectivity index (χ1v) is 16.4. The summed E-state index contributed by atoms with van der Waals surface area (Å²) in [6.45, 7) is 5.26. The van der Waals surface area contributed by atoms with Gasteiger partial charge in [-0.25, -0.2) is 8.42 Å². The topological polar surface area (TPSA) is 86.8 Å². The third-order valence-electron chi connectivity index (χ3n) is 7.53. The van der Waals surface area contributed by atoms with Crippen molar-refractivity contribution in [3.63, 3.8) is 0 Å². The molecule has 2 amide bonds. The van der Waals surface area contributed by atoms with E-state index in [-0.39, 0.29) is 29.8 Å². The van der Waals surface area contributed by atoms with Crippen molar-refractivity contribution in [2.75, 3.05) is 10.8 Å². The van der Waals surface area contributed by atoms with Crippen LogP contribution in [0.2, 0.25) is 5.02 Å². The van der Waals surface area contributed by atoms with Crippen LogP contribution in [-0.4, -0.2) is 43.8 Å². The molecule has 0 radical (unpaired) electrons. The number of halogens is 1. The molecular weight excluding hydrogens is 594 g/mol. The molecule has 0 fully saturated rings. The quantitative estimate of drug-likeness (QED) is 0.185. The maximum Gasteiger partial charge on any atom is 0.264 e. The van der Waals surface area contributed by atoms with E-state index in [0.29, 0.717) is 22.7 Å². The van der Waals surface area contributed by atoms with Crippen molar-refractivity contribution in [2.45, 2.75) is 57.1 Å². The molecule has 0 heterocycles. The van der Waals surface area contributed by atoms with Crippen molar-refractivity contribution in [3.8, 4) is 0 Å². The average molecular weight is 632 g/mol. The zero-order chi connectivity index (χ0) is 31.7. The van der Waals surface area contributed by atoms with Crippen molar-refractivity contribution in [1.29, 1.82) is 0 Å². The van der Waals surface area contributed by atoms with Gasteiger partial charge in [0.15, 0.2) is 0 Å². The van der Waals surface area contributed by atoms with Crippen molar-refractivity contribution >= 4 is 39.1 Å². The summed E-state index contributed by atoms with van der Waals surface area (Å²) >= 11 is 6.15. The van der Waals surface area contributed by atoms with Crippen LogP contribution in [0.3, 0.4) is 0 Å². The molecular formula is C35H38ClN3O4S. The number of para-hydroxylation sites is 1. The second kappa shape index (κ2) is 15.0. The minimum absolute atomic E-state index is 0.0654. The Labute approximate surface area is 265 Å². The van der Waals surface area contributed by atoms with Crippen LogP contribution in [-0.2, 0) is 32.6 Å². The molecule has 4 aromatic rings. The van der Waals surface area contributed by atoms with Crippen LogP contribution in [0.25, 0.3) is 0 Å². The number of amides is 2. The fourth-order valence-corrected chi connectivity index (χ4v) is 6.48. The number of nitrogens with one attached hydrogen (secondary N) is 1. The zero-order valence-electron chi connectivity index (χ0n) is 25.2. The van der Waals surface area contributed by atoms with Crippen LogP contribution in [0.15, 0.2) is 114 Å². The summed E-state index contributed by atoms with van der Waals surface area (Å²) in [7, 11) is -4.14. The summed E-state index contributed by atoms with van der Waals surface area (Å²) < 4.78 is 29.3. The second-order valence-corrected chi connectivity index (χ2v) is 13.1. The van der Waals surface area contributed by atoms with Gasteiger partial charge in [0.25, 0.3) is 10.0 Å². The fraction of sp³-hybridized carbons (Fsp3) is 0.257. The minimum atomic E-state index is -4.14. The molecule has 44 heavy (non-hydrogen) atoms. The van der Waals surface area contributed by atoms with Gasteiger partial charge in [0, 0.05) is 24.0 Å². The largest absolute Gasteiger partial charge is 0.352 e. The van der Waals surface area contributed by atoms with Crippen molar-refractivity contribution in [3.05, 3.63) is 131 Å². The average Bonchev–Trinajstić information content (AvgIpc) is 3.03. The molecule has 0 aliphatic rings. The number of rotatable bonds is 13. The first-order chi connectivity index (χ1) is 21.1. The lowest BCUT2D eigenvalue weighted by Gasteiger charge is -2.34. The Hall–Kier alpha value is -4.14. The summed E-state index contributed by atoms with van der Waals surface area (Å²) in [5, 5.41) is 3.59. The van der Waals surface area contributed by atoms with Gasteiger partial charge in [0.05, 0.1) is 10.6 Å².